The number of rotatable bonds is 9. The molecule has 0 saturated carbocycles. The van der Waals surface area contributed by atoms with Crippen LogP contribution in [0.4, 0.5) is 17.2 Å². The third-order valence-corrected chi connectivity index (χ3v) is 4.45. The average Bonchev–Trinajstić information content (AvgIpc) is 2.65. The van der Waals surface area contributed by atoms with E-state index in [0.717, 1.165) is 49.5 Å². The molecule has 0 unspecified atom stereocenters. The van der Waals surface area contributed by atoms with E-state index in [0.29, 0.717) is 5.56 Å². The topological polar surface area (TPSA) is 57.3 Å². The highest BCUT2D eigenvalue weighted by Gasteiger charge is 2.10. The summed E-state index contributed by atoms with van der Waals surface area (Å²) < 4.78 is 0. The molecular weight excluding hydrogens is 324 g/mol. The van der Waals surface area contributed by atoms with Gasteiger partial charge in [0.2, 0.25) is 0 Å². The zero-order chi connectivity index (χ0) is 18.9. The lowest BCUT2D eigenvalue weighted by molar-refractivity contribution is 0.102. The largest absolute Gasteiger partial charge is 0.372 e. The van der Waals surface area contributed by atoms with Gasteiger partial charge < -0.3 is 15.5 Å². The van der Waals surface area contributed by atoms with Crippen LogP contribution >= 0.6 is 0 Å². The van der Waals surface area contributed by atoms with Crippen molar-refractivity contribution in [1.82, 2.24) is 4.98 Å². The molecule has 1 aromatic carbocycles. The fraction of sp³-hybridized carbons (Fsp3) is 0.429. The van der Waals surface area contributed by atoms with Gasteiger partial charge in [0.05, 0.1) is 0 Å². The van der Waals surface area contributed by atoms with Gasteiger partial charge in [-0.05, 0) is 63.1 Å². The first kappa shape index (κ1) is 19.8. The molecule has 0 saturated heterocycles. The highest BCUT2D eigenvalue weighted by molar-refractivity contribution is 6.05. The van der Waals surface area contributed by atoms with Crippen LogP contribution in [0.3, 0.4) is 0 Å². The minimum Gasteiger partial charge on any atom is -0.372 e. The first-order valence-electron chi connectivity index (χ1n) is 9.45. The maximum absolute atomic E-state index is 12.6. The Balaban J connectivity index is 2.08. The lowest BCUT2D eigenvalue weighted by Gasteiger charge is -2.22. The van der Waals surface area contributed by atoms with E-state index in [9.17, 15) is 4.79 Å². The lowest BCUT2D eigenvalue weighted by atomic mass is 10.1. The second-order valence-corrected chi connectivity index (χ2v) is 6.34. The van der Waals surface area contributed by atoms with Gasteiger partial charge in [-0.25, -0.2) is 4.98 Å². The summed E-state index contributed by atoms with van der Waals surface area (Å²) in [5.74, 6) is 0.615. The molecule has 0 radical (unpaired) electrons. The second kappa shape index (κ2) is 9.80. The minimum absolute atomic E-state index is 0.121. The molecule has 0 aliphatic rings. The summed E-state index contributed by atoms with van der Waals surface area (Å²) in [4.78, 5) is 19.2. The van der Waals surface area contributed by atoms with Crippen molar-refractivity contribution < 1.29 is 4.79 Å². The molecule has 0 aliphatic carbocycles. The Hall–Kier alpha value is -2.56. The highest BCUT2D eigenvalue weighted by Crippen LogP contribution is 2.23. The van der Waals surface area contributed by atoms with E-state index in [2.05, 4.69) is 53.4 Å². The third-order valence-electron chi connectivity index (χ3n) is 4.45. The van der Waals surface area contributed by atoms with Crippen molar-refractivity contribution in [2.75, 3.05) is 35.2 Å². The summed E-state index contributed by atoms with van der Waals surface area (Å²) in [6, 6.07) is 9.68. The number of aryl methyl sites for hydroxylation is 1. The molecule has 1 aromatic heterocycles. The van der Waals surface area contributed by atoms with Crippen LogP contribution in [0, 0.1) is 6.92 Å². The lowest BCUT2D eigenvalue weighted by Crippen LogP contribution is -2.22. The molecule has 5 nitrogen and oxygen atoms in total. The molecule has 1 amide bonds. The third kappa shape index (κ3) is 5.22. The smallest absolute Gasteiger partial charge is 0.255 e. The molecule has 140 valence electrons. The van der Waals surface area contributed by atoms with Crippen LogP contribution in [-0.4, -0.2) is 30.5 Å². The number of benzene rings is 1. The van der Waals surface area contributed by atoms with Gasteiger partial charge in [-0.3, -0.25) is 4.79 Å². The molecule has 2 aromatic rings. The minimum atomic E-state index is -0.121. The van der Waals surface area contributed by atoms with Crippen molar-refractivity contribution in [2.45, 2.75) is 40.5 Å². The normalized spacial score (nSPS) is 10.5. The molecule has 2 N–H and O–H groups in total. The van der Waals surface area contributed by atoms with E-state index in [-0.39, 0.29) is 5.91 Å². The number of hydrogen-bond donors (Lipinski definition) is 2. The first-order chi connectivity index (χ1) is 12.6. The Bertz CT molecular complexity index is 726. The van der Waals surface area contributed by atoms with Crippen LogP contribution in [-0.2, 0) is 0 Å². The molecule has 26 heavy (non-hydrogen) atoms. The van der Waals surface area contributed by atoms with Crippen molar-refractivity contribution in [3.8, 4) is 0 Å². The Morgan fingerprint density at radius 1 is 1.12 bits per heavy atom. The number of nitrogens with zero attached hydrogens (tertiary/aromatic N) is 2. The summed E-state index contributed by atoms with van der Waals surface area (Å²) in [6.45, 7) is 11.2. The summed E-state index contributed by atoms with van der Waals surface area (Å²) in [6.07, 6.45) is 3.87. The number of hydrogen-bond acceptors (Lipinski definition) is 4. The van der Waals surface area contributed by atoms with Gasteiger partial charge >= 0.3 is 0 Å². The van der Waals surface area contributed by atoms with Crippen molar-refractivity contribution in [3.63, 3.8) is 0 Å². The zero-order valence-corrected chi connectivity index (χ0v) is 16.3. The van der Waals surface area contributed by atoms with Crippen LogP contribution in [0.2, 0.25) is 0 Å². The van der Waals surface area contributed by atoms with Crippen molar-refractivity contribution in [1.29, 1.82) is 0 Å². The zero-order valence-electron chi connectivity index (χ0n) is 16.3. The monoisotopic (exact) mass is 354 g/mol. The first-order valence-corrected chi connectivity index (χ1v) is 9.45. The molecule has 0 atom stereocenters. The van der Waals surface area contributed by atoms with Crippen LogP contribution in [0.25, 0.3) is 0 Å². The van der Waals surface area contributed by atoms with Crippen molar-refractivity contribution in [2.24, 2.45) is 0 Å². The average molecular weight is 354 g/mol. The van der Waals surface area contributed by atoms with E-state index in [1.807, 2.05) is 13.0 Å². The number of nitrogens with one attached hydrogen (secondary N) is 2. The molecule has 2 rings (SSSR count). The van der Waals surface area contributed by atoms with E-state index in [1.165, 1.54) is 5.69 Å². The van der Waals surface area contributed by atoms with E-state index in [1.54, 1.807) is 18.3 Å². The fourth-order valence-corrected chi connectivity index (χ4v) is 2.83. The van der Waals surface area contributed by atoms with Gasteiger partial charge in [0.25, 0.3) is 5.91 Å². The van der Waals surface area contributed by atoms with Gasteiger partial charge in [0, 0.05) is 42.8 Å². The molecule has 0 bridgehead atoms. The number of aromatic nitrogens is 1. The Kier molecular flexibility index (Phi) is 7.45. The maximum Gasteiger partial charge on any atom is 0.255 e. The van der Waals surface area contributed by atoms with Crippen LogP contribution in [0.1, 0.15) is 49.5 Å². The summed E-state index contributed by atoms with van der Waals surface area (Å²) in [7, 11) is 0. The van der Waals surface area contributed by atoms with Crippen LogP contribution in [0.5, 0.6) is 0 Å². The standard InChI is InChI=1S/C21H30N4O/c1-5-8-12-22-20-15-17(11-13-23-20)21(26)24-19-10-9-18(14-16(19)4)25(6-2)7-3/h9-11,13-15H,5-8,12H2,1-4H3,(H,22,23)(H,24,26). The van der Waals surface area contributed by atoms with Crippen molar-refractivity contribution >= 4 is 23.1 Å². The van der Waals surface area contributed by atoms with Gasteiger partial charge in [0.15, 0.2) is 0 Å². The van der Waals surface area contributed by atoms with Crippen LogP contribution < -0.4 is 15.5 Å². The van der Waals surface area contributed by atoms with Gasteiger partial charge in [-0.1, -0.05) is 13.3 Å². The van der Waals surface area contributed by atoms with E-state index >= 15 is 0 Å². The number of carbonyl (C=O) groups excluding carboxylic acids is 1. The maximum atomic E-state index is 12.6. The SMILES string of the molecule is CCCCNc1cc(C(=O)Nc2ccc(N(CC)CC)cc2C)ccn1. The number of anilines is 3. The molecule has 5 heteroatoms. The van der Waals surface area contributed by atoms with Gasteiger partial charge in [-0.2, -0.15) is 0 Å². The highest BCUT2D eigenvalue weighted by atomic mass is 16.1. The Morgan fingerprint density at radius 2 is 1.88 bits per heavy atom. The Labute approximate surface area is 156 Å². The molecule has 0 aliphatic heterocycles. The molecule has 0 spiro atoms. The predicted molar refractivity (Wildman–Crippen MR) is 110 cm³/mol. The molecule has 1 heterocycles. The number of carbonyl (C=O) groups is 1. The number of amides is 1. The molecular formula is C21H30N4O. The summed E-state index contributed by atoms with van der Waals surface area (Å²) in [5, 5.41) is 6.26. The summed E-state index contributed by atoms with van der Waals surface area (Å²) >= 11 is 0. The van der Waals surface area contributed by atoms with Gasteiger partial charge in [0.1, 0.15) is 5.82 Å². The van der Waals surface area contributed by atoms with Gasteiger partial charge in [-0.15, -0.1) is 0 Å². The second-order valence-electron chi connectivity index (χ2n) is 6.34. The van der Waals surface area contributed by atoms with E-state index < -0.39 is 0 Å². The number of unbranched alkanes of at least 4 members (excludes halogenated alkanes) is 1. The van der Waals surface area contributed by atoms with Crippen LogP contribution in [0.15, 0.2) is 36.5 Å². The fourth-order valence-electron chi connectivity index (χ4n) is 2.83. The number of pyridine rings is 1. The predicted octanol–water partition coefficient (Wildman–Crippen LogP) is 4.70. The molecule has 0 fully saturated rings. The van der Waals surface area contributed by atoms with E-state index in [4.69, 9.17) is 0 Å². The quantitative estimate of drug-likeness (QED) is 0.641. The van der Waals surface area contributed by atoms with Crippen molar-refractivity contribution in [3.05, 3.63) is 47.7 Å². The Morgan fingerprint density at radius 3 is 2.54 bits per heavy atom. The summed E-state index contributed by atoms with van der Waals surface area (Å²) in [5.41, 5.74) is 3.67.